The molecule has 332 valence electrons. The zero-order chi connectivity index (χ0) is 45.4. The number of allylic oxidation sites excluding steroid dienone is 8. The number of carboxylic acids is 1. The van der Waals surface area contributed by atoms with Crippen molar-refractivity contribution in [2.45, 2.75) is 115 Å². The number of hydrogen-bond donors (Lipinski definition) is 3. The Bertz CT molecular complexity index is 2670. The molecule has 0 saturated heterocycles. The van der Waals surface area contributed by atoms with Crippen molar-refractivity contribution in [3.63, 3.8) is 0 Å². The van der Waals surface area contributed by atoms with Crippen LogP contribution in [0.15, 0.2) is 94.6 Å². The fourth-order valence-corrected chi connectivity index (χ4v) is 10.2. The topological polar surface area (TPSA) is 152 Å². The molecule has 14 heteroatoms. The first-order valence-corrected chi connectivity index (χ1v) is 24.2. The molecule has 2 aliphatic heterocycles. The van der Waals surface area contributed by atoms with Crippen LogP contribution in [0.1, 0.15) is 114 Å². The average Bonchev–Trinajstić information content (AvgIpc) is 3.53. The maximum absolute atomic E-state index is 16.5. The second kappa shape index (κ2) is 18.1. The standard InChI is InChI=1S/C48H56F2N2O8S2/c1-7-8-26-51-39-21-14-31(2)29-37(39)47(3,4)41(51)23-16-32-12-11-13-33(44(32)36-20-15-34(18-25-43(53)54)45(49)46(36)50)17-24-42-48(5,6)38-30-35(62(58,59)60)19-22-40(38)52(42)27-9-10-28-61(55,56)57/h14-17,19-24,29-30H,7-13,18,25-28H2,1-6H3,(H2-,53,54,55,56,57,58,59,60)/p+1. The highest BCUT2D eigenvalue weighted by Crippen LogP contribution is 2.49. The van der Waals surface area contributed by atoms with Crippen LogP contribution in [0.3, 0.4) is 0 Å². The lowest BCUT2D eigenvalue weighted by molar-refractivity contribution is -0.438. The number of carboxylic acid groups (broad SMARTS) is 1. The Labute approximate surface area is 364 Å². The van der Waals surface area contributed by atoms with E-state index in [4.69, 9.17) is 0 Å². The van der Waals surface area contributed by atoms with Crippen LogP contribution in [0.4, 0.5) is 20.2 Å². The van der Waals surface area contributed by atoms with Gasteiger partial charge in [-0.3, -0.25) is 13.9 Å². The molecule has 0 radical (unpaired) electrons. The van der Waals surface area contributed by atoms with Crippen LogP contribution in [0, 0.1) is 18.6 Å². The van der Waals surface area contributed by atoms with Crippen molar-refractivity contribution >= 4 is 48.9 Å². The summed E-state index contributed by atoms with van der Waals surface area (Å²) >= 11 is 0. The molecule has 3 aliphatic rings. The second-order valence-electron chi connectivity index (χ2n) is 17.6. The number of aliphatic carboxylic acids is 1. The Morgan fingerprint density at radius 3 is 2.29 bits per heavy atom. The Balaban J connectivity index is 1.53. The summed E-state index contributed by atoms with van der Waals surface area (Å²) < 4.78 is 101. The number of benzene rings is 3. The number of nitrogens with zero attached hydrogens (tertiary/aromatic N) is 2. The molecule has 1 aliphatic carbocycles. The third-order valence-electron chi connectivity index (χ3n) is 12.4. The molecule has 2 heterocycles. The molecule has 6 rings (SSSR count). The third kappa shape index (κ3) is 9.73. The van der Waals surface area contributed by atoms with E-state index in [-0.39, 0.29) is 40.7 Å². The van der Waals surface area contributed by atoms with Crippen LogP contribution in [0.25, 0.3) is 5.57 Å². The number of anilines is 1. The zero-order valence-electron chi connectivity index (χ0n) is 36.3. The first-order chi connectivity index (χ1) is 29.1. The van der Waals surface area contributed by atoms with Gasteiger partial charge in [-0.15, -0.1) is 0 Å². The van der Waals surface area contributed by atoms with E-state index in [2.05, 4.69) is 56.9 Å². The summed E-state index contributed by atoms with van der Waals surface area (Å²) in [4.78, 5) is 13.4. The molecule has 0 saturated carbocycles. The monoisotopic (exact) mass is 891 g/mol. The molecule has 3 aromatic carbocycles. The fraction of sp³-hybridized carbons (Fsp3) is 0.417. The number of fused-ring (bicyclic) bond motifs is 2. The van der Waals surface area contributed by atoms with E-state index in [1.165, 1.54) is 29.8 Å². The minimum atomic E-state index is -4.54. The SMILES string of the molecule is CCCCN1C(=CC=C2CCCC(C=CC3=[N+](CCCCS(=O)(=O)O)c4ccc(S(=O)(=O)O)cc4C3(C)C)=C2c2ccc(CCC(=O)O)c(F)c2F)C(C)(C)c2cc(C)ccc21. The number of rotatable bonds is 16. The van der Waals surface area contributed by atoms with Gasteiger partial charge in [0.25, 0.3) is 20.2 Å². The summed E-state index contributed by atoms with van der Waals surface area (Å²) in [6, 6.07) is 13.8. The first kappa shape index (κ1) is 46.7. The Morgan fingerprint density at radius 2 is 1.61 bits per heavy atom. The molecule has 0 bridgehead atoms. The quantitative estimate of drug-likeness (QED) is 0.0725. The predicted molar refractivity (Wildman–Crippen MR) is 240 cm³/mol. The highest BCUT2D eigenvalue weighted by atomic mass is 32.2. The summed E-state index contributed by atoms with van der Waals surface area (Å²) in [5.74, 6) is -3.71. The molecule has 0 spiro atoms. The summed E-state index contributed by atoms with van der Waals surface area (Å²) in [6.07, 6.45) is 11.7. The molecule has 0 atom stereocenters. The molecule has 3 aromatic rings. The number of unbranched alkanes of at least 4 members (excludes halogenated alkanes) is 2. The van der Waals surface area contributed by atoms with Crippen LogP contribution in [0.2, 0.25) is 0 Å². The van der Waals surface area contributed by atoms with Crippen molar-refractivity contribution in [2.24, 2.45) is 0 Å². The van der Waals surface area contributed by atoms with E-state index in [1.807, 2.05) is 36.7 Å². The van der Waals surface area contributed by atoms with Crippen LogP contribution >= 0.6 is 0 Å². The summed E-state index contributed by atoms with van der Waals surface area (Å²) in [5.41, 5.74) is 7.50. The van der Waals surface area contributed by atoms with Gasteiger partial charge >= 0.3 is 5.97 Å². The lowest BCUT2D eigenvalue weighted by Crippen LogP contribution is -2.28. The minimum absolute atomic E-state index is 0.0305. The predicted octanol–water partition coefficient (Wildman–Crippen LogP) is 10.2. The van der Waals surface area contributed by atoms with Gasteiger partial charge in [-0.1, -0.05) is 69.2 Å². The van der Waals surface area contributed by atoms with E-state index < -0.39 is 49.0 Å². The van der Waals surface area contributed by atoms with Crippen LogP contribution in [0.5, 0.6) is 0 Å². The van der Waals surface area contributed by atoms with Crippen molar-refractivity contribution in [2.75, 3.05) is 23.7 Å². The molecular weight excluding hydrogens is 835 g/mol. The smallest absolute Gasteiger partial charge is 0.303 e. The molecule has 0 amide bonds. The van der Waals surface area contributed by atoms with Gasteiger partial charge in [0.2, 0.25) is 5.69 Å². The van der Waals surface area contributed by atoms with Crippen LogP contribution in [-0.2, 0) is 42.3 Å². The molecule has 0 aromatic heterocycles. The van der Waals surface area contributed by atoms with E-state index in [1.54, 1.807) is 6.07 Å². The number of aryl methyl sites for hydroxylation is 2. The maximum atomic E-state index is 16.5. The van der Waals surface area contributed by atoms with Gasteiger partial charge in [0, 0.05) is 59.5 Å². The van der Waals surface area contributed by atoms with Crippen LogP contribution < -0.4 is 4.90 Å². The lowest BCUT2D eigenvalue weighted by atomic mass is 9.79. The highest BCUT2D eigenvalue weighted by Gasteiger charge is 2.45. The Hall–Kier alpha value is -4.76. The fourth-order valence-electron chi connectivity index (χ4n) is 9.14. The van der Waals surface area contributed by atoms with Gasteiger partial charge in [-0.2, -0.15) is 21.4 Å². The zero-order valence-corrected chi connectivity index (χ0v) is 37.9. The van der Waals surface area contributed by atoms with Gasteiger partial charge in [-0.05, 0) is 111 Å². The highest BCUT2D eigenvalue weighted by molar-refractivity contribution is 7.86. The van der Waals surface area contributed by atoms with Crippen LogP contribution in [-0.4, -0.2) is 66.1 Å². The molecular formula is C48H57F2N2O8S2+. The van der Waals surface area contributed by atoms with Crippen molar-refractivity contribution in [3.05, 3.63) is 129 Å². The Morgan fingerprint density at radius 1 is 0.871 bits per heavy atom. The van der Waals surface area contributed by atoms with E-state index in [0.717, 1.165) is 53.2 Å². The van der Waals surface area contributed by atoms with E-state index >= 15 is 8.78 Å². The average molecular weight is 892 g/mol. The van der Waals surface area contributed by atoms with Crippen molar-refractivity contribution in [3.8, 4) is 0 Å². The normalized spacial score (nSPS) is 18.7. The largest absolute Gasteiger partial charge is 0.481 e. The number of hydrogen-bond acceptors (Lipinski definition) is 6. The van der Waals surface area contributed by atoms with E-state index in [0.29, 0.717) is 49.1 Å². The molecule has 3 N–H and O–H groups in total. The number of halogens is 2. The van der Waals surface area contributed by atoms with Gasteiger partial charge < -0.3 is 10.0 Å². The summed E-state index contributed by atoms with van der Waals surface area (Å²) in [6.45, 7) is 13.6. The second-order valence-corrected chi connectivity index (χ2v) is 20.6. The van der Waals surface area contributed by atoms with Gasteiger partial charge in [0.1, 0.15) is 6.54 Å². The van der Waals surface area contributed by atoms with Crippen molar-refractivity contribution < 1.29 is 49.2 Å². The minimum Gasteiger partial charge on any atom is -0.481 e. The molecule has 62 heavy (non-hydrogen) atoms. The van der Waals surface area contributed by atoms with Crippen molar-refractivity contribution in [1.29, 1.82) is 0 Å². The third-order valence-corrected chi connectivity index (χ3v) is 14.1. The van der Waals surface area contributed by atoms with Gasteiger partial charge in [0.05, 0.1) is 16.1 Å². The van der Waals surface area contributed by atoms with Crippen molar-refractivity contribution in [1.82, 2.24) is 0 Å². The van der Waals surface area contributed by atoms with E-state index in [9.17, 15) is 35.8 Å². The first-order valence-electron chi connectivity index (χ1n) is 21.2. The molecule has 10 nitrogen and oxygen atoms in total. The molecule has 0 fully saturated rings. The van der Waals surface area contributed by atoms with Gasteiger partial charge in [0.15, 0.2) is 17.3 Å². The van der Waals surface area contributed by atoms with Gasteiger partial charge in [-0.25, -0.2) is 8.78 Å². The maximum Gasteiger partial charge on any atom is 0.303 e. The Kier molecular flexibility index (Phi) is 13.7. The molecule has 0 unspecified atom stereocenters. The lowest BCUT2D eigenvalue weighted by Gasteiger charge is -2.28. The summed E-state index contributed by atoms with van der Waals surface area (Å²) in [5, 5.41) is 9.26. The number of carbonyl (C=O) groups is 1. The summed E-state index contributed by atoms with van der Waals surface area (Å²) in [7, 11) is -8.73.